The van der Waals surface area contributed by atoms with Gasteiger partial charge < -0.3 is 10.3 Å². The summed E-state index contributed by atoms with van der Waals surface area (Å²) in [6.45, 7) is 0.808. The third-order valence-electron chi connectivity index (χ3n) is 2.96. The molecule has 0 spiro atoms. The summed E-state index contributed by atoms with van der Waals surface area (Å²) < 4.78 is 0. The lowest BCUT2D eigenvalue weighted by Crippen LogP contribution is -1.98. The molecule has 0 fully saturated rings. The minimum absolute atomic E-state index is 0.759. The van der Waals surface area contributed by atoms with E-state index in [1.165, 1.54) is 16.5 Å². The van der Waals surface area contributed by atoms with Gasteiger partial charge in [-0.15, -0.1) is 0 Å². The number of fused-ring (bicyclic) bond motifs is 1. The Kier molecular flexibility index (Phi) is 2.95. The molecule has 3 aromatic rings. The standard InChI is InChI=1S/C15H13ClN2/c16-13-2-4-14(5-3-13)18-10-11-1-6-15-12(9-11)7-8-17-15/h1-9,17-18H,10H2. The number of aromatic amines is 1. The fourth-order valence-electron chi connectivity index (χ4n) is 1.98. The molecule has 3 heteroatoms. The molecular formula is C15H13ClN2. The molecule has 2 nitrogen and oxygen atoms in total. The predicted molar refractivity (Wildman–Crippen MR) is 77.1 cm³/mol. The topological polar surface area (TPSA) is 27.8 Å². The average Bonchev–Trinajstić information content (AvgIpc) is 2.85. The Hall–Kier alpha value is -1.93. The molecule has 0 amide bonds. The minimum Gasteiger partial charge on any atom is -0.381 e. The van der Waals surface area contributed by atoms with Crippen molar-refractivity contribution in [1.82, 2.24) is 4.98 Å². The van der Waals surface area contributed by atoms with Crippen LogP contribution in [0, 0.1) is 0 Å². The van der Waals surface area contributed by atoms with Crippen molar-refractivity contribution in [3.8, 4) is 0 Å². The molecule has 0 aliphatic heterocycles. The van der Waals surface area contributed by atoms with Gasteiger partial charge in [-0.2, -0.15) is 0 Å². The third kappa shape index (κ3) is 2.34. The molecule has 90 valence electrons. The lowest BCUT2D eigenvalue weighted by Gasteiger charge is -2.06. The van der Waals surface area contributed by atoms with Crippen LogP contribution < -0.4 is 5.32 Å². The SMILES string of the molecule is Clc1ccc(NCc2ccc3[nH]ccc3c2)cc1. The number of hydrogen-bond donors (Lipinski definition) is 2. The zero-order valence-electron chi connectivity index (χ0n) is 9.78. The third-order valence-corrected chi connectivity index (χ3v) is 3.21. The van der Waals surface area contributed by atoms with Crippen molar-refractivity contribution >= 4 is 28.2 Å². The summed E-state index contributed by atoms with van der Waals surface area (Å²) in [4.78, 5) is 3.19. The van der Waals surface area contributed by atoms with Crippen molar-refractivity contribution in [2.75, 3.05) is 5.32 Å². The van der Waals surface area contributed by atoms with Gasteiger partial charge in [0.1, 0.15) is 0 Å². The van der Waals surface area contributed by atoms with Crippen LogP contribution in [-0.4, -0.2) is 4.98 Å². The fraction of sp³-hybridized carbons (Fsp3) is 0.0667. The first-order valence-corrected chi connectivity index (χ1v) is 6.24. The second-order valence-corrected chi connectivity index (χ2v) is 4.70. The predicted octanol–water partition coefficient (Wildman–Crippen LogP) is 4.43. The van der Waals surface area contributed by atoms with E-state index in [2.05, 4.69) is 34.6 Å². The highest BCUT2D eigenvalue weighted by Crippen LogP contribution is 2.17. The normalized spacial score (nSPS) is 10.7. The summed E-state index contributed by atoms with van der Waals surface area (Å²) in [6, 6.07) is 16.2. The second-order valence-electron chi connectivity index (χ2n) is 4.26. The highest BCUT2D eigenvalue weighted by molar-refractivity contribution is 6.30. The van der Waals surface area contributed by atoms with Crippen molar-refractivity contribution in [3.63, 3.8) is 0 Å². The van der Waals surface area contributed by atoms with Crippen LogP contribution in [0.2, 0.25) is 5.02 Å². The van der Waals surface area contributed by atoms with Gasteiger partial charge in [0.2, 0.25) is 0 Å². The Bertz CT molecular complexity index is 656. The molecule has 0 saturated carbocycles. The van der Waals surface area contributed by atoms with Crippen LogP contribution in [0.3, 0.4) is 0 Å². The first-order valence-electron chi connectivity index (χ1n) is 5.87. The molecule has 1 aromatic heterocycles. The quantitative estimate of drug-likeness (QED) is 0.713. The van der Waals surface area contributed by atoms with Crippen molar-refractivity contribution in [1.29, 1.82) is 0 Å². The van der Waals surface area contributed by atoms with E-state index < -0.39 is 0 Å². The van der Waals surface area contributed by atoms with Crippen LogP contribution in [0.15, 0.2) is 54.7 Å². The number of rotatable bonds is 3. The number of benzene rings is 2. The van der Waals surface area contributed by atoms with Gasteiger partial charge >= 0.3 is 0 Å². The lowest BCUT2D eigenvalue weighted by atomic mass is 10.1. The highest BCUT2D eigenvalue weighted by Gasteiger charge is 1.98. The molecule has 1 heterocycles. The van der Waals surface area contributed by atoms with Gasteiger partial charge in [0.25, 0.3) is 0 Å². The molecule has 2 N–H and O–H groups in total. The van der Waals surface area contributed by atoms with Gasteiger partial charge in [-0.25, -0.2) is 0 Å². The fourth-order valence-corrected chi connectivity index (χ4v) is 2.11. The van der Waals surface area contributed by atoms with E-state index in [0.29, 0.717) is 0 Å². The second kappa shape index (κ2) is 4.75. The minimum atomic E-state index is 0.759. The number of aromatic nitrogens is 1. The number of H-pyrrole nitrogens is 1. The van der Waals surface area contributed by atoms with Gasteiger partial charge in [0, 0.05) is 29.0 Å². The van der Waals surface area contributed by atoms with Gasteiger partial charge in [-0.05, 0) is 53.4 Å². The molecule has 0 unspecified atom stereocenters. The summed E-state index contributed by atoms with van der Waals surface area (Å²) in [5.41, 5.74) is 3.51. The maximum absolute atomic E-state index is 5.85. The molecule has 3 rings (SSSR count). The Balaban J connectivity index is 1.74. The zero-order chi connectivity index (χ0) is 12.4. The van der Waals surface area contributed by atoms with Gasteiger partial charge in [-0.1, -0.05) is 17.7 Å². The van der Waals surface area contributed by atoms with Crippen molar-refractivity contribution in [2.24, 2.45) is 0 Å². The van der Waals surface area contributed by atoms with Gasteiger partial charge in [0.15, 0.2) is 0 Å². The van der Waals surface area contributed by atoms with Crippen LogP contribution >= 0.6 is 11.6 Å². The number of anilines is 1. The van der Waals surface area contributed by atoms with Crippen molar-refractivity contribution < 1.29 is 0 Å². The Morgan fingerprint density at radius 3 is 2.67 bits per heavy atom. The van der Waals surface area contributed by atoms with Gasteiger partial charge in [0.05, 0.1) is 0 Å². The lowest BCUT2D eigenvalue weighted by molar-refractivity contribution is 1.15. The van der Waals surface area contributed by atoms with E-state index in [1.807, 2.05) is 30.5 Å². The Labute approximate surface area is 111 Å². The average molecular weight is 257 g/mol. The van der Waals surface area contributed by atoms with E-state index in [-0.39, 0.29) is 0 Å². The highest BCUT2D eigenvalue weighted by atomic mass is 35.5. The Morgan fingerprint density at radius 1 is 1.00 bits per heavy atom. The van der Waals surface area contributed by atoms with Gasteiger partial charge in [-0.3, -0.25) is 0 Å². The van der Waals surface area contributed by atoms with E-state index in [1.54, 1.807) is 0 Å². The summed E-state index contributed by atoms with van der Waals surface area (Å²) in [5.74, 6) is 0. The number of nitrogens with one attached hydrogen (secondary N) is 2. The molecule has 0 bridgehead atoms. The Morgan fingerprint density at radius 2 is 1.83 bits per heavy atom. The van der Waals surface area contributed by atoms with Crippen molar-refractivity contribution in [2.45, 2.75) is 6.54 Å². The van der Waals surface area contributed by atoms with Crippen LogP contribution in [0.5, 0.6) is 0 Å². The van der Waals surface area contributed by atoms with E-state index in [0.717, 1.165) is 17.3 Å². The molecule has 0 aliphatic carbocycles. The molecule has 18 heavy (non-hydrogen) atoms. The van der Waals surface area contributed by atoms with Crippen LogP contribution in [0.1, 0.15) is 5.56 Å². The smallest absolute Gasteiger partial charge is 0.0454 e. The monoisotopic (exact) mass is 256 g/mol. The largest absolute Gasteiger partial charge is 0.381 e. The first-order chi connectivity index (χ1) is 8.81. The summed E-state index contributed by atoms with van der Waals surface area (Å²) in [5, 5.41) is 5.38. The first kappa shape index (κ1) is 11.2. The molecule has 0 aliphatic rings. The summed E-state index contributed by atoms with van der Waals surface area (Å²) in [6.07, 6.45) is 1.96. The van der Waals surface area contributed by atoms with Crippen LogP contribution in [0.4, 0.5) is 5.69 Å². The molecular weight excluding hydrogens is 244 g/mol. The van der Waals surface area contributed by atoms with Crippen molar-refractivity contribution in [3.05, 3.63) is 65.3 Å². The zero-order valence-corrected chi connectivity index (χ0v) is 10.5. The van der Waals surface area contributed by atoms with Crippen LogP contribution in [0.25, 0.3) is 10.9 Å². The molecule has 0 atom stereocenters. The van der Waals surface area contributed by atoms with E-state index >= 15 is 0 Å². The molecule has 0 radical (unpaired) electrons. The molecule has 2 aromatic carbocycles. The number of hydrogen-bond acceptors (Lipinski definition) is 1. The summed E-state index contributed by atoms with van der Waals surface area (Å²) >= 11 is 5.85. The van der Waals surface area contributed by atoms with E-state index in [4.69, 9.17) is 11.6 Å². The summed E-state index contributed by atoms with van der Waals surface area (Å²) in [7, 11) is 0. The molecule has 0 saturated heterocycles. The maximum Gasteiger partial charge on any atom is 0.0454 e. The van der Waals surface area contributed by atoms with Crippen LogP contribution in [-0.2, 0) is 6.54 Å². The van der Waals surface area contributed by atoms with E-state index in [9.17, 15) is 0 Å². The number of halogens is 1. The maximum atomic E-state index is 5.85.